The molecule has 1 aromatic rings. The van der Waals surface area contributed by atoms with Crippen molar-refractivity contribution in [3.8, 4) is 5.75 Å². The second-order valence-corrected chi connectivity index (χ2v) is 5.58. The van der Waals surface area contributed by atoms with Crippen molar-refractivity contribution in [3.63, 3.8) is 0 Å². The van der Waals surface area contributed by atoms with Crippen LogP contribution in [0.15, 0.2) is 36.9 Å². The predicted molar refractivity (Wildman–Crippen MR) is 89.5 cm³/mol. The van der Waals surface area contributed by atoms with Crippen molar-refractivity contribution in [1.82, 2.24) is 10.2 Å². The zero-order chi connectivity index (χ0) is 16.5. The average Bonchev–Trinajstić information content (AvgIpc) is 2.87. The summed E-state index contributed by atoms with van der Waals surface area (Å²) < 4.78 is 5.62. The SMILES string of the molecule is C=CCNC(=O)c1ccccc1OCC(=O)N1CCCCCC1. The quantitative estimate of drug-likeness (QED) is 0.820. The Labute approximate surface area is 137 Å². The number of carbonyl (C=O) groups excluding carboxylic acids is 2. The number of likely N-dealkylation sites (tertiary alicyclic amines) is 1. The van der Waals surface area contributed by atoms with Crippen LogP contribution < -0.4 is 10.1 Å². The van der Waals surface area contributed by atoms with Gasteiger partial charge in [-0.3, -0.25) is 9.59 Å². The Morgan fingerprint density at radius 2 is 1.87 bits per heavy atom. The molecule has 1 N–H and O–H groups in total. The van der Waals surface area contributed by atoms with Crippen molar-refractivity contribution < 1.29 is 14.3 Å². The van der Waals surface area contributed by atoms with Gasteiger partial charge >= 0.3 is 0 Å². The number of para-hydroxylation sites is 1. The van der Waals surface area contributed by atoms with Crippen molar-refractivity contribution in [2.24, 2.45) is 0 Å². The van der Waals surface area contributed by atoms with E-state index in [-0.39, 0.29) is 18.4 Å². The van der Waals surface area contributed by atoms with E-state index in [1.54, 1.807) is 30.3 Å². The van der Waals surface area contributed by atoms with Gasteiger partial charge in [0.05, 0.1) is 5.56 Å². The zero-order valence-electron chi connectivity index (χ0n) is 13.4. The normalized spacial score (nSPS) is 14.7. The summed E-state index contributed by atoms with van der Waals surface area (Å²) in [4.78, 5) is 26.2. The Morgan fingerprint density at radius 3 is 2.57 bits per heavy atom. The van der Waals surface area contributed by atoms with E-state index in [1.165, 1.54) is 12.8 Å². The highest BCUT2D eigenvalue weighted by Gasteiger charge is 2.17. The van der Waals surface area contributed by atoms with Gasteiger partial charge in [-0.25, -0.2) is 0 Å². The Kier molecular flexibility index (Phi) is 6.66. The van der Waals surface area contributed by atoms with Gasteiger partial charge in [0, 0.05) is 19.6 Å². The van der Waals surface area contributed by atoms with E-state index in [0.29, 0.717) is 17.9 Å². The smallest absolute Gasteiger partial charge is 0.260 e. The molecule has 0 aliphatic carbocycles. The second-order valence-electron chi connectivity index (χ2n) is 5.58. The Hall–Kier alpha value is -2.30. The van der Waals surface area contributed by atoms with Crippen molar-refractivity contribution >= 4 is 11.8 Å². The number of carbonyl (C=O) groups is 2. The maximum absolute atomic E-state index is 12.3. The van der Waals surface area contributed by atoms with Crippen molar-refractivity contribution in [2.75, 3.05) is 26.2 Å². The lowest BCUT2D eigenvalue weighted by atomic mass is 10.2. The number of ether oxygens (including phenoxy) is 1. The van der Waals surface area contributed by atoms with Gasteiger partial charge < -0.3 is 15.0 Å². The van der Waals surface area contributed by atoms with Crippen LogP contribution in [0.4, 0.5) is 0 Å². The fourth-order valence-corrected chi connectivity index (χ4v) is 2.59. The summed E-state index contributed by atoms with van der Waals surface area (Å²) in [5.41, 5.74) is 0.429. The molecule has 0 atom stereocenters. The number of benzene rings is 1. The van der Waals surface area contributed by atoms with Gasteiger partial charge in [0.2, 0.25) is 0 Å². The van der Waals surface area contributed by atoms with Crippen LogP contribution in [0.3, 0.4) is 0 Å². The van der Waals surface area contributed by atoms with E-state index >= 15 is 0 Å². The summed E-state index contributed by atoms with van der Waals surface area (Å²) in [5, 5.41) is 2.72. The van der Waals surface area contributed by atoms with Crippen LogP contribution in [0.1, 0.15) is 36.0 Å². The summed E-state index contributed by atoms with van der Waals surface area (Å²) in [6, 6.07) is 6.95. The van der Waals surface area contributed by atoms with Crippen LogP contribution in [0.25, 0.3) is 0 Å². The van der Waals surface area contributed by atoms with E-state index in [1.807, 2.05) is 4.90 Å². The minimum Gasteiger partial charge on any atom is -0.483 e. The average molecular weight is 316 g/mol. The lowest BCUT2D eigenvalue weighted by Crippen LogP contribution is -2.35. The minimum absolute atomic E-state index is 0.0202. The van der Waals surface area contributed by atoms with E-state index < -0.39 is 0 Å². The molecule has 0 spiro atoms. The Balaban J connectivity index is 1.95. The third-order valence-corrected chi connectivity index (χ3v) is 3.85. The molecular formula is C18H24N2O3. The minimum atomic E-state index is -0.234. The molecule has 5 nitrogen and oxygen atoms in total. The molecule has 2 amide bonds. The molecule has 0 unspecified atom stereocenters. The first kappa shape index (κ1) is 17.1. The molecule has 124 valence electrons. The highest BCUT2D eigenvalue weighted by Crippen LogP contribution is 2.18. The molecule has 2 rings (SSSR count). The van der Waals surface area contributed by atoms with Gasteiger partial charge in [-0.05, 0) is 25.0 Å². The van der Waals surface area contributed by atoms with Crippen molar-refractivity contribution in [1.29, 1.82) is 0 Å². The van der Waals surface area contributed by atoms with E-state index in [0.717, 1.165) is 25.9 Å². The fourth-order valence-electron chi connectivity index (χ4n) is 2.59. The summed E-state index contributed by atoms with van der Waals surface area (Å²) in [6.07, 6.45) is 6.07. The van der Waals surface area contributed by atoms with E-state index in [2.05, 4.69) is 11.9 Å². The highest BCUT2D eigenvalue weighted by atomic mass is 16.5. The Bertz CT molecular complexity index is 549. The molecular weight excluding hydrogens is 292 g/mol. The highest BCUT2D eigenvalue weighted by molar-refractivity contribution is 5.97. The molecule has 0 aromatic heterocycles. The second kappa shape index (κ2) is 8.98. The first-order chi connectivity index (χ1) is 11.2. The van der Waals surface area contributed by atoms with Gasteiger partial charge in [0.25, 0.3) is 11.8 Å². The van der Waals surface area contributed by atoms with Gasteiger partial charge in [-0.15, -0.1) is 6.58 Å². The molecule has 1 fully saturated rings. The maximum Gasteiger partial charge on any atom is 0.260 e. The summed E-state index contributed by atoms with van der Waals surface area (Å²) >= 11 is 0. The molecule has 5 heteroatoms. The first-order valence-corrected chi connectivity index (χ1v) is 8.11. The fraction of sp³-hybridized carbons (Fsp3) is 0.444. The summed E-state index contributed by atoms with van der Waals surface area (Å²) in [5.74, 6) is 0.174. The molecule has 1 aliphatic rings. The van der Waals surface area contributed by atoms with Crippen molar-refractivity contribution in [2.45, 2.75) is 25.7 Å². The van der Waals surface area contributed by atoms with Crippen LogP contribution in [0.2, 0.25) is 0 Å². The third kappa shape index (κ3) is 5.13. The van der Waals surface area contributed by atoms with Crippen LogP contribution >= 0.6 is 0 Å². The third-order valence-electron chi connectivity index (χ3n) is 3.85. The molecule has 0 bridgehead atoms. The molecule has 1 aliphatic heterocycles. The van der Waals surface area contributed by atoms with Crippen LogP contribution in [0.5, 0.6) is 5.75 Å². The standard InChI is InChI=1S/C18H24N2O3/c1-2-11-19-18(22)15-9-5-6-10-16(15)23-14-17(21)20-12-7-3-4-8-13-20/h2,5-6,9-10H,1,3-4,7-8,11-14H2,(H,19,22). The summed E-state index contributed by atoms with van der Waals surface area (Å²) in [7, 11) is 0. The lowest BCUT2D eigenvalue weighted by Gasteiger charge is -2.20. The van der Waals surface area contributed by atoms with Gasteiger partial charge in [-0.2, -0.15) is 0 Å². The first-order valence-electron chi connectivity index (χ1n) is 8.11. The molecule has 1 heterocycles. The molecule has 0 radical (unpaired) electrons. The lowest BCUT2D eigenvalue weighted by molar-refractivity contribution is -0.133. The summed E-state index contributed by atoms with van der Waals surface area (Å²) in [6.45, 7) is 5.51. The zero-order valence-corrected chi connectivity index (χ0v) is 13.4. The van der Waals surface area contributed by atoms with E-state index in [4.69, 9.17) is 4.74 Å². The van der Waals surface area contributed by atoms with Crippen LogP contribution in [-0.2, 0) is 4.79 Å². The molecule has 23 heavy (non-hydrogen) atoms. The number of hydrogen-bond acceptors (Lipinski definition) is 3. The maximum atomic E-state index is 12.3. The van der Waals surface area contributed by atoms with Crippen LogP contribution in [0, 0.1) is 0 Å². The van der Waals surface area contributed by atoms with Gasteiger partial charge in [-0.1, -0.05) is 31.1 Å². The van der Waals surface area contributed by atoms with Crippen LogP contribution in [-0.4, -0.2) is 43.0 Å². The number of amides is 2. The number of rotatable bonds is 6. The van der Waals surface area contributed by atoms with Gasteiger partial charge in [0.1, 0.15) is 5.75 Å². The number of nitrogens with one attached hydrogen (secondary N) is 1. The molecule has 0 saturated carbocycles. The van der Waals surface area contributed by atoms with Crippen molar-refractivity contribution in [3.05, 3.63) is 42.5 Å². The topological polar surface area (TPSA) is 58.6 Å². The predicted octanol–water partition coefficient (Wildman–Crippen LogP) is 2.38. The Morgan fingerprint density at radius 1 is 1.17 bits per heavy atom. The van der Waals surface area contributed by atoms with E-state index in [9.17, 15) is 9.59 Å². The monoisotopic (exact) mass is 316 g/mol. The number of nitrogens with zero attached hydrogens (tertiary/aromatic N) is 1. The van der Waals surface area contributed by atoms with Gasteiger partial charge in [0.15, 0.2) is 6.61 Å². The largest absolute Gasteiger partial charge is 0.483 e. The molecule has 1 aromatic carbocycles. The number of hydrogen-bond donors (Lipinski definition) is 1. The molecule has 1 saturated heterocycles.